The van der Waals surface area contributed by atoms with E-state index in [9.17, 15) is 4.79 Å². The van der Waals surface area contributed by atoms with Gasteiger partial charge in [-0.3, -0.25) is 9.69 Å². The van der Waals surface area contributed by atoms with Gasteiger partial charge in [0, 0.05) is 11.6 Å². The molecule has 2 aromatic rings. The van der Waals surface area contributed by atoms with Crippen molar-refractivity contribution in [2.45, 2.75) is 19.1 Å². The predicted molar refractivity (Wildman–Crippen MR) is 110 cm³/mol. The van der Waals surface area contributed by atoms with Crippen LogP contribution < -0.4 is 14.4 Å². The van der Waals surface area contributed by atoms with Gasteiger partial charge in [-0.1, -0.05) is 29.5 Å². The van der Waals surface area contributed by atoms with Gasteiger partial charge in [-0.25, -0.2) is 0 Å². The molecule has 6 nitrogen and oxygen atoms in total. The summed E-state index contributed by atoms with van der Waals surface area (Å²) in [6.07, 6.45) is 1.60. The number of benzene rings is 2. The first-order valence-electron chi connectivity index (χ1n) is 8.44. The minimum absolute atomic E-state index is 0.000156. The number of nitrogens with zero attached hydrogens (tertiary/aromatic N) is 3. The molecule has 0 bridgehead atoms. The third kappa shape index (κ3) is 4.14. The number of aryl methyl sites for hydroxylation is 1. The molecular weight excluding hydrogens is 362 g/mol. The smallest absolute Gasteiger partial charge is 0.246 e. The monoisotopic (exact) mass is 383 g/mol. The van der Waals surface area contributed by atoms with Gasteiger partial charge in [0.1, 0.15) is 11.5 Å². The number of rotatable bonds is 5. The summed E-state index contributed by atoms with van der Waals surface area (Å²) in [4.78, 5) is 14.2. The van der Waals surface area contributed by atoms with Gasteiger partial charge in [0.05, 0.1) is 31.4 Å². The Morgan fingerprint density at radius 3 is 2.52 bits per heavy atom. The SMILES string of the molecule is COc1ccc(C=NN=C2SC(C)C(=O)N2c2ccc(C)cc2)c(OC)c1. The van der Waals surface area contributed by atoms with Crippen molar-refractivity contribution in [1.29, 1.82) is 0 Å². The highest BCUT2D eigenvalue weighted by molar-refractivity contribution is 8.16. The Morgan fingerprint density at radius 1 is 1.11 bits per heavy atom. The van der Waals surface area contributed by atoms with E-state index in [0.717, 1.165) is 16.8 Å². The molecule has 1 heterocycles. The van der Waals surface area contributed by atoms with Crippen LogP contribution in [-0.4, -0.2) is 36.8 Å². The van der Waals surface area contributed by atoms with E-state index < -0.39 is 0 Å². The first kappa shape index (κ1) is 19.0. The van der Waals surface area contributed by atoms with Gasteiger partial charge in [0.25, 0.3) is 0 Å². The molecule has 3 rings (SSSR count). The van der Waals surface area contributed by atoms with Crippen molar-refractivity contribution in [3.05, 3.63) is 53.6 Å². The lowest BCUT2D eigenvalue weighted by Gasteiger charge is -2.15. The average molecular weight is 383 g/mol. The van der Waals surface area contributed by atoms with Crippen LogP contribution >= 0.6 is 11.8 Å². The summed E-state index contributed by atoms with van der Waals surface area (Å²) in [5, 5.41) is 8.82. The average Bonchev–Trinajstić information content (AvgIpc) is 2.96. The standard InChI is InChI=1S/C20H21N3O3S/c1-13-5-8-16(9-6-13)23-19(24)14(2)27-20(23)22-21-12-15-7-10-17(25-3)11-18(15)26-4/h5-12,14H,1-4H3. The molecule has 1 aliphatic heterocycles. The van der Waals surface area contributed by atoms with Crippen LogP contribution in [0.3, 0.4) is 0 Å². The van der Waals surface area contributed by atoms with Crippen LogP contribution in [0.25, 0.3) is 0 Å². The normalized spacial score (nSPS) is 18.5. The summed E-state index contributed by atoms with van der Waals surface area (Å²) >= 11 is 1.39. The molecule has 1 unspecified atom stereocenters. The second kappa shape index (κ2) is 8.26. The Balaban J connectivity index is 1.87. The minimum atomic E-state index is -0.198. The highest BCUT2D eigenvalue weighted by Gasteiger charge is 2.36. The molecule has 2 aromatic carbocycles. The van der Waals surface area contributed by atoms with E-state index in [1.807, 2.05) is 50.2 Å². The molecule has 140 valence electrons. The van der Waals surface area contributed by atoms with Crippen molar-refractivity contribution < 1.29 is 14.3 Å². The molecule has 7 heteroatoms. The number of amidine groups is 1. The van der Waals surface area contributed by atoms with E-state index in [4.69, 9.17) is 9.47 Å². The zero-order valence-electron chi connectivity index (χ0n) is 15.7. The first-order valence-corrected chi connectivity index (χ1v) is 9.32. The number of hydrogen-bond donors (Lipinski definition) is 0. The Labute approximate surface area is 162 Å². The maximum Gasteiger partial charge on any atom is 0.246 e. The lowest BCUT2D eigenvalue weighted by molar-refractivity contribution is -0.116. The maximum absolute atomic E-state index is 12.5. The van der Waals surface area contributed by atoms with Gasteiger partial charge in [0.15, 0.2) is 5.17 Å². The molecule has 0 aliphatic carbocycles. The number of thioether (sulfide) groups is 1. The Morgan fingerprint density at radius 2 is 1.85 bits per heavy atom. The highest BCUT2D eigenvalue weighted by atomic mass is 32.2. The van der Waals surface area contributed by atoms with Crippen LogP contribution in [0.4, 0.5) is 5.69 Å². The number of anilines is 1. The van der Waals surface area contributed by atoms with E-state index in [2.05, 4.69) is 10.2 Å². The maximum atomic E-state index is 12.5. The van der Waals surface area contributed by atoms with Crippen LogP contribution in [0.15, 0.2) is 52.7 Å². The molecule has 0 N–H and O–H groups in total. The Bertz CT molecular complexity index is 894. The van der Waals surface area contributed by atoms with E-state index in [1.165, 1.54) is 11.8 Å². The zero-order chi connectivity index (χ0) is 19.4. The number of amides is 1. The van der Waals surface area contributed by atoms with Crippen molar-refractivity contribution in [2.24, 2.45) is 10.2 Å². The molecule has 1 atom stereocenters. The van der Waals surface area contributed by atoms with Crippen molar-refractivity contribution in [2.75, 3.05) is 19.1 Å². The fraction of sp³-hybridized carbons (Fsp3) is 0.250. The van der Waals surface area contributed by atoms with E-state index in [1.54, 1.807) is 31.4 Å². The molecule has 0 spiro atoms. The summed E-state index contributed by atoms with van der Waals surface area (Å²) < 4.78 is 10.5. The lowest BCUT2D eigenvalue weighted by atomic mass is 10.2. The van der Waals surface area contributed by atoms with Crippen LogP contribution in [0.2, 0.25) is 0 Å². The first-order chi connectivity index (χ1) is 13.0. The molecule has 0 radical (unpaired) electrons. The predicted octanol–water partition coefficient (Wildman–Crippen LogP) is 3.87. The van der Waals surface area contributed by atoms with Crippen molar-refractivity contribution >= 4 is 34.7 Å². The van der Waals surface area contributed by atoms with Crippen LogP contribution in [0.1, 0.15) is 18.1 Å². The van der Waals surface area contributed by atoms with Gasteiger partial charge in [-0.15, -0.1) is 5.10 Å². The molecule has 0 aromatic heterocycles. The molecular formula is C20H21N3O3S. The number of carbonyl (C=O) groups is 1. The molecule has 1 amide bonds. The van der Waals surface area contributed by atoms with Crippen molar-refractivity contribution in [1.82, 2.24) is 0 Å². The summed E-state index contributed by atoms with van der Waals surface area (Å²) in [6.45, 7) is 3.88. The second-order valence-electron chi connectivity index (χ2n) is 6.00. The van der Waals surface area contributed by atoms with E-state index in [-0.39, 0.29) is 11.2 Å². The fourth-order valence-corrected chi connectivity index (χ4v) is 3.52. The summed E-state index contributed by atoms with van der Waals surface area (Å²) in [5.41, 5.74) is 2.69. The van der Waals surface area contributed by atoms with Gasteiger partial charge < -0.3 is 9.47 Å². The van der Waals surface area contributed by atoms with Crippen LogP contribution in [0.5, 0.6) is 11.5 Å². The largest absolute Gasteiger partial charge is 0.497 e. The van der Waals surface area contributed by atoms with Gasteiger partial charge in [-0.2, -0.15) is 5.10 Å². The van der Waals surface area contributed by atoms with Crippen molar-refractivity contribution in [3.8, 4) is 11.5 Å². The molecule has 1 fully saturated rings. The summed E-state index contributed by atoms with van der Waals surface area (Å²) in [6, 6.07) is 13.2. The zero-order valence-corrected chi connectivity index (χ0v) is 16.5. The highest BCUT2D eigenvalue weighted by Crippen LogP contribution is 2.32. The molecule has 27 heavy (non-hydrogen) atoms. The quantitative estimate of drug-likeness (QED) is 0.581. The third-order valence-corrected chi connectivity index (χ3v) is 5.14. The van der Waals surface area contributed by atoms with Gasteiger partial charge >= 0.3 is 0 Å². The van der Waals surface area contributed by atoms with Gasteiger partial charge in [0.2, 0.25) is 5.91 Å². The van der Waals surface area contributed by atoms with Crippen molar-refractivity contribution in [3.63, 3.8) is 0 Å². The summed E-state index contributed by atoms with van der Waals surface area (Å²) in [5.74, 6) is 1.34. The molecule has 1 aliphatic rings. The Hall–Kier alpha value is -2.80. The topological polar surface area (TPSA) is 63.5 Å². The van der Waals surface area contributed by atoms with Gasteiger partial charge in [-0.05, 0) is 38.1 Å². The third-order valence-electron chi connectivity index (χ3n) is 4.11. The number of hydrogen-bond acceptors (Lipinski definition) is 6. The Kier molecular flexibility index (Phi) is 5.81. The van der Waals surface area contributed by atoms with E-state index >= 15 is 0 Å². The second-order valence-corrected chi connectivity index (χ2v) is 7.31. The minimum Gasteiger partial charge on any atom is -0.497 e. The van der Waals surface area contributed by atoms with Crippen LogP contribution in [-0.2, 0) is 4.79 Å². The summed E-state index contributed by atoms with van der Waals surface area (Å²) in [7, 11) is 3.19. The number of ether oxygens (including phenoxy) is 2. The fourth-order valence-electron chi connectivity index (χ4n) is 2.60. The molecule has 0 saturated carbocycles. The number of carbonyl (C=O) groups excluding carboxylic acids is 1. The van der Waals surface area contributed by atoms with Crippen LogP contribution in [0, 0.1) is 6.92 Å². The number of methoxy groups -OCH3 is 2. The van der Waals surface area contributed by atoms with E-state index in [0.29, 0.717) is 16.7 Å². The lowest BCUT2D eigenvalue weighted by Crippen LogP contribution is -2.31. The molecule has 1 saturated heterocycles.